The van der Waals surface area contributed by atoms with Gasteiger partial charge in [0, 0.05) is 32.5 Å². The summed E-state index contributed by atoms with van der Waals surface area (Å²) in [5.41, 5.74) is 0. The monoisotopic (exact) mass is 222 g/mol. The van der Waals surface area contributed by atoms with Crippen molar-refractivity contribution in [3.63, 3.8) is 0 Å². The van der Waals surface area contributed by atoms with Gasteiger partial charge >= 0.3 is 0 Å². The molecule has 0 spiro atoms. The molecule has 0 radical (unpaired) electrons. The van der Waals surface area contributed by atoms with Gasteiger partial charge in [0.1, 0.15) is 17.9 Å². The molecule has 2 heterocycles. The highest BCUT2D eigenvalue weighted by molar-refractivity contribution is 5.82. The number of aryl methyl sites for hydroxylation is 1. The summed E-state index contributed by atoms with van der Waals surface area (Å²) in [7, 11) is 1.95. The van der Waals surface area contributed by atoms with Crippen molar-refractivity contribution in [1.29, 1.82) is 0 Å². The standard InChI is InChI=1S/C11H18N4O/c1-3-9-6-15(5-4-10(9)16)7-11-13-12-8-14(11)2/h8-9H,3-7H2,1-2H3. The van der Waals surface area contributed by atoms with E-state index in [0.717, 1.165) is 31.9 Å². The smallest absolute Gasteiger partial charge is 0.146 e. The van der Waals surface area contributed by atoms with Crippen LogP contribution in [-0.2, 0) is 18.4 Å². The maximum atomic E-state index is 11.6. The number of Topliss-reactive ketones (excluding diaryl/α,β-unsaturated/α-hetero) is 1. The number of nitrogens with zero attached hydrogens (tertiary/aromatic N) is 4. The Labute approximate surface area is 95.5 Å². The molecule has 0 aromatic carbocycles. The fraction of sp³-hybridized carbons (Fsp3) is 0.727. The number of piperidine rings is 1. The highest BCUT2D eigenvalue weighted by atomic mass is 16.1. The molecular weight excluding hydrogens is 204 g/mol. The van der Waals surface area contributed by atoms with Crippen LogP contribution in [0.5, 0.6) is 0 Å². The summed E-state index contributed by atoms with van der Waals surface area (Å²) in [4.78, 5) is 13.9. The molecule has 88 valence electrons. The molecule has 0 aliphatic carbocycles. The van der Waals surface area contributed by atoms with E-state index in [4.69, 9.17) is 0 Å². The zero-order valence-electron chi connectivity index (χ0n) is 9.89. The Bertz CT molecular complexity index is 374. The van der Waals surface area contributed by atoms with Crippen LogP contribution in [0.25, 0.3) is 0 Å². The van der Waals surface area contributed by atoms with Crippen LogP contribution in [0.3, 0.4) is 0 Å². The lowest BCUT2D eigenvalue weighted by molar-refractivity contribution is -0.126. The first kappa shape index (κ1) is 11.3. The molecule has 1 fully saturated rings. The first-order valence-corrected chi connectivity index (χ1v) is 5.78. The maximum absolute atomic E-state index is 11.6. The molecule has 5 nitrogen and oxygen atoms in total. The van der Waals surface area contributed by atoms with E-state index in [1.807, 2.05) is 11.6 Å². The quantitative estimate of drug-likeness (QED) is 0.752. The average molecular weight is 222 g/mol. The summed E-state index contributed by atoms with van der Waals surface area (Å²) >= 11 is 0. The Morgan fingerprint density at radius 3 is 3.00 bits per heavy atom. The Morgan fingerprint density at radius 1 is 1.56 bits per heavy atom. The second-order valence-corrected chi connectivity index (χ2v) is 4.41. The highest BCUT2D eigenvalue weighted by Gasteiger charge is 2.26. The predicted molar refractivity (Wildman–Crippen MR) is 59.7 cm³/mol. The average Bonchev–Trinajstić information content (AvgIpc) is 2.67. The van der Waals surface area contributed by atoms with Crippen LogP contribution in [0, 0.1) is 5.92 Å². The van der Waals surface area contributed by atoms with Crippen LogP contribution in [0.15, 0.2) is 6.33 Å². The lowest BCUT2D eigenvalue weighted by Gasteiger charge is -2.30. The van der Waals surface area contributed by atoms with Gasteiger partial charge in [0.05, 0.1) is 6.54 Å². The lowest BCUT2D eigenvalue weighted by atomic mass is 9.94. The molecule has 1 aromatic heterocycles. The second-order valence-electron chi connectivity index (χ2n) is 4.41. The molecule has 5 heteroatoms. The van der Waals surface area contributed by atoms with Gasteiger partial charge in [-0.15, -0.1) is 10.2 Å². The van der Waals surface area contributed by atoms with Crippen molar-refractivity contribution in [3.05, 3.63) is 12.2 Å². The number of ketones is 1. The van der Waals surface area contributed by atoms with Crippen LogP contribution in [-0.4, -0.2) is 38.5 Å². The third kappa shape index (κ3) is 2.29. The van der Waals surface area contributed by atoms with E-state index >= 15 is 0 Å². The van der Waals surface area contributed by atoms with Gasteiger partial charge in [-0.3, -0.25) is 9.69 Å². The van der Waals surface area contributed by atoms with Gasteiger partial charge in [-0.05, 0) is 6.42 Å². The first-order valence-electron chi connectivity index (χ1n) is 5.78. The van der Waals surface area contributed by atoms with Crippen LogP contribution >= 0.6 is 0 Å². The molecular formula is C11H18N4O. The number of carbonyl (C=O) groups excluding carboxylic acids is 1. The Balaban J connectivity index is 1.97. The second kappa shape index (κ2) is 4.74. The fourth-order valence-electron chi connectivity index (χ4n) is 2.13. The maximum Gasteiger partial charge on any atom is 0.146 e. The molecule has 1 saturated heterocycles. The van der Waals surface area contributed by atoms with Crippen molar-refractivity contribution in [1.82, 2.24) is 19.7 Å². The number of rotatable bonds is 3. The minimum atomic E-state index is 0.210. The number of likely N-dealkylation sites (tertiary alicyclic amines) is 1. The van der Waals surface area contributed by atoms with Gasteiger partial charge in [0.2, 0.25) is 0 Å². The van der Waals surface area contributed by atoms with Crippen molar-refractivity contribution in [2.75, 3.05) is 13.1 Å². The molecule has 1 aliphatic rings. The fourth-order valence-corrected chi connectivity index (χ4v) is 2.13. The Kier molecular flexibility index (Phi) is 3.33. The van der Waals surface area contributed by atoms with Crippen molar-refractivity contribution >= 4 is 5.78 Å². The van der Waals surface area contributed by atoms with Crippen molar-refractivity contribution in [3.8, 4) is 0 Å². The van der Waals surface area contributed by atoms with E-state index in [-0.39, 0.29) is 5.92 Å². The zero-order valence-corrected chi connectivity index (χ0v) is 9.89. The molecule has 2 rings (SSSR count). The van der Waals surface area contributed by atoms with E-state index in [2.05, 4.69) is 22.0 Å². The van der Waals surface area contributed by atoms with Crippen molar-refractivity contribution in [2.45, 2.75) is 26.3 Å². The van der Waals surface area contributed by atoms with Crippen molar-refractivity contribution in [2.24, 2.45) is 13.0 Å². The summed E-state index contributed by atoms with van der Waals surface area (Å²) < 4.78 is 1.93. The van der Waals surface area contributed by atoms with Crippen LogP contribution < -0.4 is 0 Å². The van der Waals surface area contributed by atoms with Crippen molar-refractivity contribution < 1.29 is 4.79 Å². The van der Waals surface area contributed by atoms with Crippen LogP contribution in [0.2, 0.25) is 0 Å². The van der Waals surface area contributed by atoms with Gasteiger partial charge in [-0.1, -0.05) is 6.92 Å². The van der Waals surface area contributed by atoms with Gasteiger partial charge in [-0.2, -0.15) is 0 Å². The van der Waals surface area contributed by atoms with Crippen LogP contribution in [0.4, 0.5) is 0 Å². The molecule has 0 N–H and O–H groups in total. The third-order valence-electron chi connectivity index (χ3n) is 3.27. The summed E-state index contributed by atoms with van der Waals surface area (Å²) in [6, 6.07) is 0. The molecule has 1 aliphatic heterocycles. The summed E-state index contributed by atoms with van der Waals surface area (Å²) in [6.45, 7) is 4.58. The van der Waals surface area contributed by atoms with E-state index in [1.165, 1.54) is 0 Å². The topological polar surface area (TPSA) is 51.0 Å². The van der Waals surface area contributed by atoms with E-state index in [1.54, 1.807) is 6.33 Å². The first-order chi connectivity index (χ1) is 7.70. The molecule has 16 heavy (non-hydrogen) atoms. The summed E-state index contributed by atoms with van der Waals surface area (Å²) in [5, 5.41) is 7.93. The van der Waals surface area contributed by atoms with Crippen LogP contribution in [0.1, 0.15) is 25.6 Å². The Hall–Kier alpha value is -1.23. The van der Waals surface area contributed by atoms with Gasteiger partial charge in [0.25, 0.3) is 0 Å². The minimum Gasteiger partial charge on any atom is -0.320 e. The number of hydrogen-bond acceptors (Lipinski definition) is 4. The predicted octanol–water partition coefficient (Wildman–Crippen LogP) is 0.616. The molecule has 0 amide bonds. The molecule has 0 bridgehead atoms. The number of aromatic nitrogens is 3. The zero-order chi connectivity index (χ0) is 11.5. The molecule has 1 unspecified atom stereocenters. The van der Waals surface area contributed by atoms with Gasteiger partial charge < -0.3 is 4.57 Å². The minimum absolute atomic E-state index is 0.210. The van der Waals surface area contributed by atoms with E-state index < -0.39 is 0 Å². The number of carbonyl (C=O) groups is 1. The highest BCUT2D eigenvalue weighted by Crippen LogP contribution is 2.17. The molecule has 1 atom stereocenters. The lowest BCUT2D eigenvalue weighted by Crippen LogP contribution is -2.40. The van der Waals surface area contributed by atoms with Gasteiger partial charge in [0.15, 0.2) is 0 Å². The normalized spacial score (nSPS) is 22.6. The Morgan fingerprint density at radius 2 is 2.38 bits per heavy atom. The molecule has 0 saturated carbocycles. The molecule has 1 aromatic rings. The SMILES string of the molecule is CCC1CN(Cc2nncn2C)CCC1=O. The van der Waals surface area contributed by atoms with E-state index in [0.29, 0.717) is 12.2 Å². The summed E-state index contributed by atoms with van der Waals surface area (Å²) in [5.74, 6) is 1.59. The third-order valence-corrected chi connectivity index (χ3v) is 3.27. The van der Waals surface area contributed by atoms with E-state index in [9.17, 15) is 4.79 Å². The summed E-state index contributed by atoms with van der Waals surface area (Å²) in [6.07, 6.45) is 3.33. The number of hydrogen-bond donors (Lipinski definition) is 0. The van der Waals surface area contributed by atoms with Gasteiger partial charge in [-0.25, -0.2) is 0 Å². The largest absolute Gasteiger partial charge is 0.320 e.